The molecule has 0 spiro atoms. The molecule has 1 heterocycles. The molecule has 0 aliphatic rings. The average molecular weight is 573 g/mol. The van der Waals surface area contributed by atoms with Gasteiger partial charge in [0.15, 0.2) is 11.5 Å². The third-order valence-electron chi connectivity index (χ3n) is 6.20. The molecule has 0 aliphatic carbocycles. The van der Waals surface area contributed by atoms with E-state index in [1.165, 1.54) is 0 Å². The quantitative estimate of drug-likeness (QED) is 0.290. The number of nitrogens with one attached hydrogen (secondary N) is 1. The summed E-state index contributed by atoms with van der Waals surface area (Å²) >= 11 is 3.46. The van der Waals surface area contributed by atoms with Crippen LogP contribution in [-0.4, -0.2) is 55.1 Å². The van der Waals surface area contributed by atoms with E-state index in [1.807, 2.05) is 62.4 Å². The smallest absolute Gasteiger partial charge is 0.322 e. The van der Waals surface area contributed by atoms with Crippen molar-refractivity contribution in [1.29, 1.82) is 0 Å². The summed E-state index contributed by atoms with van der Waals surface area (Å²) in [6.45, 7) is 4.62. The molecule has 0 bridgehead atoms. The molecule has 0 aliphatic heterocycles. The Balaban J connectivity index is 1.76. The van der Waals surface area contributed by atoms with Crippen LogP contribution in [0.25, 0.3) is 0 Å². The lowest BCUT2D eigenvalue weighted by Gasteiger charge is -2.31. The fourth-order valence-corrected chi connectivity index (χ4v) is 4.21. The number of furan rings is 1. The zero-order chi connectivity index (χ0) is 26.8. The first-order chi connectivity index (χ1) is 17.9. The van der Waals surface area contributed by atoms with Gasteiger partial charge in [-0.2, -0.15) is 0 Å². The number of benzene rings is 2. The zero-order valence-electron chi connectivity index (χ0n) is 21.7. The number of carbonyl (C=O) groups is 2. The highest BCUT2D eigenvalue weighted by atomic mass is 79.9. The molecule has 9 heteroatoms. The molecule has 1 N–H and O–H groups in total. The molecule has 3 aromatic rings. The molecule has 0 fully saturated rings. The zero-order valence-corrected chi connectivity index (χ0v) is 23.3. The van der Waals surface area contributed by atoms with Crippen molar-refractivity contribution in [2.24, 2.45) is 0 Å². The summed E-state index contributed by atoms with van der Waals surface area (Å²) in [5.41, 5.74) is 1.65. The molecule has 3 rings (SSSR count). The Hall–Kier alpha value is -3.46. The molecule has 1 atom stereocenters. The van der Waals surface area contributed by atoms with E-state index in [2.05, 4.69) is 21.2 Å². The Labute approximate surface area is 226 Å². The summed E-state index contributed by atoms with van der Waals surface area (Å²) in [5.74, 6) is 1.79. The van der Waals surface area contributed by atoms with Crippen molar-refractivity contribution in [3.05, 3.63) is 76.7 Å². The Morgan fingerprint density at radius 2 is 1.81 bits per heavy atom. The van der Waals surface area contributed by atoms with Crippen LogP contribution in [0.1, 0.15) is 31.6 Å². The molecule has 1 aromatic heterocycles. The van der Waals surface area contributed by atoms with Crippen LogP contribution in [0.5, 0.6) is 11.5 Å². The third kappa shape index (κ3) is 7.76. The summed E-state index contributed by atoms with van der Waals surface area (Å²) in [6, 6.07) is 16.3. The number of hydrogen-bond acceptors (Lipinski definition) is 5. The van der Waals surface area contributed by atoms with Gasteiger partial charge < -0.3 is 29.0 Å². The first kappa shape index (κ1) is 28.1. The Bertz CT molecular complexity index is 1170. The van der Waals surface area contributed by atoms with Crippen LogP contribution in [0, 0.1) is 0 Å². The van der Waals surface area contributed by atoms with Crippen molar-refractivity contribution in [2.45, 2.75) is 39.3 Å². The molecular formula is C28H34BrN3O5. The maximum absolute atomic E-state index is 13.6. The number of para-hydroxylation sites is 1. The number of hydrogen-bond donors (Lipinski definition) is 1. The molecule has 0 saturated carbocycles. The molecule has 8 nitrogen and oxygen atoms in total. The van der Waals surface area contributed by atoms with Gasteiger partial charge in [0.05, 0.1) is 32.7 Å². The number of rotatable bonds is 12. The van der Waals surface area contributed by atoms with E-state index in [1.54, 1.807) is 36.3 Å². The Morgan fingerprint density at radius 1 is 1.05 bits per heavy atom. The number of ether oxygens (including phenoxy) is 2. The first-order valence-corrected chi connectivity index (χ1v) is 13.0. The minimum atomic E-state index is -0.326. The molecule has 3 amide bonds. The summed E-state index contributed by atoms with van der Waals surface area (Å²) < 4.78 is 17.0. The number of amides is 3. The van der Waals surface area contributed by atoms with Crippen LogP contribution >= 0.6 is 15.9 Å². The van der Waals surface area contributed by atoms with Crippen LogP contribution in [0.15, 0.2) is 69.8 Å². The first-order valence-electron chi connectivity index (χ1n) is 12.2. The summed E-state index contributed by atoms with van der Waals surface area (Å²) in [6.07, 6.45) is 2.89. The van der Waals surface area contributed by atoms with E-state index >= 15 is 0 Å². The lowest BCUT2D eigenvalue weighted by Crippen LogP contribution is -2.48. The minimum Gasteiger partial charge on any atom is -0.493 e. The van der Waals surface area contributed by atoms with Crippen LogP contribution in [0.4, 0.5) is 10.5 Å². The minimum absolute atomic E-state index is 0.0576. The van der Waals surface area contributed by atoms with Gasteiger partial charge in [0.25, 0.3) is 0 Å². The maximum atomic E-state index is 13.6. The molecule has 37 heavy (non-hydrogen) atoms. The van der Waals surface area contributed by atoms with Gasteiger partial charge in [0.1, 0.15) is 12.3 Å². The van der Waals surface area contributed by atoms with Gasteiger partial charge in [0, 0.05) is 17.1 Å². The Kier molecular flexibility index (Phi) is 10.4. The number of carbonyl (C=O) groups excluding carboxylic acids is 2. The fraction of sp³-hybridized carbons (Fsp3) is 0.357. The average Bonchev–Trinajstić information content (AvgIpc) is 3.43. The lowest BCUT2D eigenvalue weighted by molar-refractivity contribution is -0.133. The monoisotopic (exact) mass is 571 g/mol. The standard InChI is InChI=1S/C28H34BrN3O5/c1-5-20(2)32(28(34)30-24-11-7-6-10-23(24)29)19-27(33)31(18-22-9-8-16-37-22)15-14-21-12-13-25(35-3)26(17-21)36-4/h6-13,16-17,20H,5,14-15,18-19H2,1-4H3,(H,30,34). The highest BCUT2D eigenvalue weighted by molar-refractivity contribution is 9.10. The predicted octanol–water partition coefficient (Wildman–Crippen LogP) is 5.96. The van der Waals surface area contributed by atoms with Crippen LogP contribution in [0.3, 0.4) is 0 Å². The second-order valence-electron chi connectivity index (χ2n) is 8.63. The van der Waals surface area contributed by atoms with E-state index in [0.717, 1.165) is 10.0 Å². The van der Waals surface area contributed by atoms with Crippen LogP contribution in [0.2, 0.25) is 0 Å². The molecule has 2 aromatic carbocycles. The normalized spacial score (nSPS) is 11.5. The maximum Gasteiger partial charge on any atom is 0.322 e. The van der Waals surface area contributed by atoms with Gasteiger partial charge in [-0.25, -0.2) is 4.79 Å². The molecule has 1 unspecified atom stereocenters. The van der Waals surface area contributed by atoms with Gasteiger partial charge in [-0.15, -0.1) is 0 Å². The second-order valence-corrected chi connectivity index (χ2v) is 9.48. The Morgan fingerprint density at radius 3 is 2.46 bits per heavy atom. The van der Waals surface area contributed by atoms with Gasteiger partial charge >= 0.3 is 6.03 Å². The van der Waals surface area contributed by atoms with Crippen molar-refractivity contribution in [3.63, 3.8) is 0 Å². The largest absolute Gasteiger partial charge is 0.493 e. The van der Waals surface area contributed by atoms with E-state index in [9.17, 15) is 9.59 Å². The van der Waals surface area contributed by atoms with Gasteiger partial charge in [-0.1, -0.05) is 25.1 Å². The molecule has 0 saturated heterocycles. The SMILES string of the molecule is CCC(C)N(CC(=O)N(CCc1ccc(OC)c(OC)c1)Cc1ccco1)C(=O)Nc1ccccc1Br. The molecular weight excluding hydrogens is 538 g/mol. The van der Waals surface area contributed by atoms with Gasteiger partial charge in [0.2, 0.25) is 5.91 Å². The lowest BCUT2D eigenvalue weighted by atomic mass is 10.1. The van der Waals surface area contributed by atoms with Gasteiger partial charge in [-0.05, 0) is 77.7 Å². The number of methoxy groups -OCH3 is 2. The van der Waals surface area contributed by atoms with Crippen molar-refractivity contribution < 1.29 is 23.5 Å². The third-order valence-corrected chi connectivity index (χ3v) is 6.89. The van der Waals surface area contributed by atoms with Crippen molar-refractivity contribution >= 4 is 33.6 Å². The topological polar surface area (TPSA) is 84.2 Å². The second kappa shape index (κ2) is 13.7. The number of anilines is 1. The van der Waals surface area contributed by atoms with Crippen molar-refractivity contribution in [2.75, 3.05) is 32.6 Å². The summed E-state index contributed by atoms with van der Waals surface area (Å²) in [4.78, 5) is 30.1. The highest BCUT2D eigenvalue weighted by Gasteiger charge is 2.26. The van der Waals surface area contributed by atoms with Crippen molar-refractivity contribution in [1.82, 2.24) is 9.80 Å². The highest BCUT2D eigenvalue weighted by Crippen LogP contribution is 2.28. The van der Waals surface area contributed by atoms with E-state index in [4.69, 9.17) is 13.9 Å². The van der Waals surface area contributed by atoms with Crippen LogP contribution in [-0.2, 0) is 17.8 Å². The van der Waals surface area contributed by atoms with E-state index < -0.39 is 0 Å². The predicted molar refractivity (Wildman–Crippen MR) is 147 cm³/mol. The summed E-state index contributed by atoms with van der Waals surface area (Å²) in [7, 11) is 3.19. The van der Waals surface area contributed by atoms with Gasteiger partial charge in [-0.3, -0.25) is 4.79 Å². The number of halogens is 1. The van der Waals surface area contributed by atoms with Crippen molar-refractivity contribution in [3.8, 4) is 11.5 Å². The summed E-state index contributed by atoms with van der Waals surface area (Å²) in [5, 5.41) is 2.92. The molecule has 0 radical (unpaired) electrons. The van der Waals surface area contributed by atoms with E-state index in [0.29, 0.717) is 48.9 Å². The fourth-order valence-electron chi connectivity index (χ4n) is 3.83. The number of urea groups is 1. The number of nitrogens with zero attached hydrogens (tertiary/aromatic N) is 2. The molecule has 198 valence electrons. The van der Waals surface area contributed by atoms with E-state index in [-0.39, 0.29) is 24.5 Å². The van der Waals surface area contributed by atoms with Crippen LogP contribution < -0.4 is 14.8 Å².